The molecule has 0 fully saturated rings. The summed E-state index contributed by atoms with van der Waals surface area (Å²) in [5, 5.41) is 8.86. The predicted molar refractivity (Wildman–Crippen MR) is 66.1 cm³/mol. The molecule has 4 nitrogen and oxygen atoms in total. The maximum absolute atomic E-state index is 13.4. The number of carbonyl (C=O) groups excluding carboxylic acids is 1. The third-order valence-corrected chi connectivity index (χ3v) is 2.45. The minimum Gasteiger partial charge on any atom is -0.456 e. The fourth-order valence-corrected chi connectivity index (χ4v) is 1.51. The molecule has 0 aliphatic heterocycles. The average molecular weight is 256 g/mol. The topological polar surface area (TPSA) is 76.1 Å². The van der Waals surface area contributed by atoms with E-state index in [1.165, 1.54) is 42.5 Å². The largest absolute Gasteiger partial charge is 0.456 e. The van der Waals surface area contributed by atoms with Gasteiger partial charge in [-0.25, -0.2) is 4.39 Å². The lowest BCUT2D eigenvalue weighted by Gasteiger charge is -2.07. The van der Waals surface area contributed by atoms with Crippen LogP contribution in [-0.4, -0.2) is 5.91 Å². The molecule has 0 saturated carbocycles. The minimum absolute atomic E-state index is 0.120. The number of ether oxygens (including phenoxy) is 1. The molecule has 0 unspecified atom stereocenters. The van der Waals surface area contributed by atoms with Gasteiger partial charge in [-0.15, -0.1) is 0 Å². The van der Waals surface area contributed by atoms with Crippen molar-refractivity contribution in [2.45, 2.75) is 0 Å². The first-order valence-electron chi connectivity index (χ1n) is 5.38. The van der Waals surface area contributed by atoms with Gasteiger partial charge in [-0.2, -0.15) is 5.26 Å². The molecule has 2 N–H and O–H groups in total. The fourth-order valence-electron chi connectivity index (χ4n) is 1.51. The Morgan fingerprint density at radius 1 is 1.21 bits per heavy atom. The molecular formula is C14H9FN2O2. The number of rotatable bonds is 3. The third kappa shape index (κ3) is 2.69. The number of benzene rings is 2. The van der Waals surface area contributed by atoms with Crippen LogP contribution in [0.25, 0.3) is 0 Å². The average Bonchev–Trinajstić information content (AvgIpc) is 2.39. The van der Waals surface area contributed by atoms with Gasteiger partial charge in [0.2, 0.25) is 5.91 Å². The van der Waals surface area contributed by atoms with Crippen LogP contribution in [0, 0.1) is 17.1 Å². The van der Waals surface area contributed by atoms with E-state index < -0.39 is 11.7 Å². The van der Waals surface area contributed by atoms with Gasteiger partial charge >= 0.3 is 0 Å². The summed E-state index contributed by atoms with van der Waals surface area (Å²) in [4.78, 5) is 10.9. The maximum Gasteiger partial charge on any atom is 0.248 e. The van der Waals surface area contributed by atoms with E-state index in [4.69, 9.17) is 15.7 Å². The lowest BCUT2D eigenvalue weighted by molar-refractivity contribution is 0.100. The normalized spacial score (nSPS) is 9.68. The summed E-state index contributed by atoms with van der Waals surface area (Å²) in [6.45, 7) is 0. The highest BCUT2D eigenvalue weighted by molar-refractivity contribution is 5.92. The van der Waals surface area contributed by atoms with Gasteiger partial charge in [-0.3, -0.25) is 4.79 Å². The summed E-state index contributed by atoms with van der Waals surface area (Å²) in [5.41, 5.74) is 5.28. The lowest BCUT2D eigenvalue weighted by atomic mass is 10.2. The number of nitrogens with two attached hydrogens (primary N) is 1. The van der Waals surface area contributed by atoms with Crippen LogP contribution in [0.2, 0.25) is 0 Å². The number of nitriles is 1. The molecule has 1 amide bonds. The van der Waals surface area contributed by atoms with Crippen molar-refractivity contribution in [2.75, 3.05) is 0 Å². The Bertz CT molecular complexity index is 660. The van der Waals surface area contributed by atoms with Crippen LogP contribution in [0.3, 0.4) is 0 Å². The van der Waals surface area contributed by atoms with Crippen molar-refractivity contribution in [1.82, 2.24) is 0 Å². The second-order valence-corrected chi connectivity index (χ2v) is 3.72. The van der Waals surface area contributed by atoms with E-state index in [0.717, 1.165) is 0 Å². The zero-order valence-corrected chi connectivity index (χ0v) is 9.76. The van der Waals surface area contributed by atoms with Crippen LogP contribution in [0.15, 0.2) is 42.5 Å². The first-order valence-corrected chi connectivity index (χ1v) is 5.38. The molecule has 19 heavy (non-hydrogen) atoms. The molecule has 0 spiro atoms. The summed E-state index contributed by atoms with van der Waals surface area (Å²) in [7, 11) is 0. The Morgan fingerprint density at radius 2 is 1.89 bits per heavy atom. The highest BCUT2D eigenvalue weighted by Gasteiger charge is 2.10. The lowest BCUT2D eigenvalue weighted by Crippen LogP contribution is -2.10. The molecule has 0 atom stereocenters. The van der Waals surface area contributed by atoms with Gasteiger partial charge in [0.25, 0.3) is 0 Å². The molecule has 2 aromatic carbocycles. The van der Waals surface area contributed by atoms with Gasteiger partial charge in [0.15, 0.2) is 0 Å². The highest BCUT2D eigenvalue weighted by Crippen LogP contribution is 2.26. The summed E-state index contributed by atoms with van der Waals surface area (Å²) in [6, 6.07) is 11.9. The Kier molecular flexibility index (Phi) is 3.44. The molecule has 94 valence electrons. The van der Waals surface area contributed by atoms with E-state index in [1.807, 2.05) is 0 Å². The smallest absolute Gasteiger partial charge is 0.248 e. The zero-order chi connectivity index (χ0) is 13.8. The van der Waals surface area contributed by atoms with Crippen LogP contribution in [0.1, 0.15) is 15.9 Å². The summed E-state index contributed by atoms with van der Waals surface area (Å²) in [6.07, 6.45) is 0. The molecule has 0 aliphatic rings. The van der Waals surface area contributed by atoms with Crippen molar-refractivity contribution in [3.8, 4) is 17.6 Å². The van der Waals surface area contributed by atoms with E-state index in [2.05, 4.69) is 0 Å². The Hall–Kier alpha value is -2.87. The van der Waals surface area contributed by atoms with E-state index in [9.17, 15) is 9.18 Å². The van der Waals surface area contributed by atoms with E-state index in [-0.39, 0.29) is 11.3 Å². The number of halogens is 1. The molecule has 0 heterocycles. The molecule has 0 aromatic heterocycles. The van der Waals surface area contributed by atoms with Gasteiger partial charge < -0.3 is 10.5 Å². The Morgan fingerprint density at radius 3 is 2.47 bits per heavy atom. The maximum atomic E-state index is 13.4. The standard InChI is InChI=1S/C14H9FN2O2/c15-12-2-1-3-13(11(12)8-16)19-10-6-4-9(5-7-10)14(17)18/h1-7H,(H2,17,18). The highest BCUT2D eigenvalue weighted by atomic mass is 19.1. The van der Waals surface area contributed by atoms with Crippen LogP contribution in [0.4, 0.5) is 4.39 Å². The van der Waals surface area contributed by atoms with E-state index >= 15 is 0 Å². The van der Waals surface area contributed by atoms with E-state index in [0.29, 0.717) is 11.3 Å². The predicted octanol–water partition coefficient (Wildman–Crippen LogP) is 2.59. The molecule has 0 radical (unpaired) electrons. The second-order valence-electron chi connectivity index (χ2n) is 3.72. The summed E-state index contributed by atoms with van der Waals surface area (Å²) in [5.74, 6) is -0.690. The van der Waals surface area contributed by atoms with E-state index in [1.54, 1.807) is 6.07 Å². The van der Waals surface area contributed by atoms with Crippen LogP contribution in [-0.2, 0) is 0 Å². The van der Waals surface area contributed by atoms with Crippen molar-refractivity contribution < 1.29 is 13.9 Å². The van der Waals surface area contributed by atoms with Crippen LogP contribution >= 0.6 is 0 Å². The van der Waals surface area contributed by atoms with Gasteiger partial charge in [0.05, 0.1) is 0 Å². The minimum atomic E-state index is -0.645. The molecule has 5 heteroatoms. The molecular weight excluding hydrogens is 247 g/mol. The molecule has 0 aliphatic carbocycles. The number of amides is 1. The summed E-state index contributed by atoms with van der Waals surface area (Å²) < 4.78 is 18.8. The Labute approximate surface area is 108 Å². The van der Waals surface area contributed by atoms with Crippen molar-refractivity contribution >= 4 is 5.91 Å². The van der Waals surface area contributed by atoms with Gasteiger partial charge in [0.1, 0.15) is 28.9 Å². The molecule has 2 rings (SSSR count). The first-order chi connectivity index (χ1) is 9.11. The van der Waals surface area contributed by atoms with Crippen LogP contribution in [0.5, 0.6) is 11.5 Å². The monoisotopic (exact) mass is 256 g/mol. The van der Waals surface area contributed by atoms with Crippen molar-refractivity contribution in [2.24, 2.45) is 5.73 Å². The third-order valence-electron chi connectivity index (χ3n) is 2.45. The number of nitrogens with zero attached hydrogens (tertiary/aromatic N) is 1. The SMILES string of the molecule is N#Cc1c(F)cccc1Oc1ccc(C(N)=O)cc1. The fraction of sp³-hybridized carbons (Fsp3) is 0. The van der Waals surface area contributed by atoms with Crippen LogP contribution < -0.4 is 10.5 Å². The summed E-state index contributed by atoms with van der Waals surface area (Å²) >= 11 is 0. The van der Waals surface area contributed by atoms with Crippen molar-refractivity contribution in [3.63, 3.8) is 0 Å². The molecule has 0 bridgehead atoms. The Balaban J connectivity index is 2.29. The zero-order valence-electron chi connectivity index (χ0n) is 9.76. The number of hydrogen-bond acceptors (Lipinski definition) is 3. The first kappa shape index (κ1) is 12.6. The van der Waals surface area contributed by atoms with Gasteiger partial charge in [-0.05, 0) is 36.4 Å². The second kappa shape index (κ2) is 5.19. The number of carbonyl (C=O) groups is 1. The van der Waals surface area contributed by atoms with Gasteiger partial charge in [-0.1, -0.05) is 6.07 Å². The number of primary amides is 1. The van der Waals surface area contributed by atoms with Gasteiger partial charge in [0, 0.05) is 5.56 Å². The number of hydrogen-bond donors (Lipinski definition) is 1. The van der Waals surface area contributed by atoms with Crippen molar-refractivity contribution in [3.05, 3.63) is 59.4 Å². The molecule has 0 saturated heterocycles. The van der Waals surface area contributed by atoms with Crippen molar-refractivity contribution in [1.29, 1.82) is 5.26 Å². The quantitative estimate of drug-likeness (QED) is 0.916. The molecule has 2 aromatic rings.